The summed E-state index contributed by atoms with van der Waals surface area (Å²) in [5, 5.41) is 25.1. The smallest absolute Gasteiger partial charge is 0.872 e. The third kappa shape index (κ3) is 12.1. The Morgan fingerprint density at radius 1 is 0.451 bits per heavy atom. The van der Waals surface area contributed by atoms with Crippen LogP contribution in [0.5, 0.6) is 11.5 Å². The predicted molar refractivity (Wildman–Crippen MR) is 208 cm³/mol. The van der Waals surface area contributed by atoms with Gasteiger partial charge in [0.2, 0.25) is 0 Å². The monoisotopic (exact) mass is 702 g/mol. The Labute approximate surface area is 320 Å². The van der Waals surface area contributed by atoms with E-state index in [2.05, 4.69) is 47.6 Å². The van der Waals surface area contributed by atoms with Crippen molar-refractivity contribution in [1.82, 2.24) is 0 Å². The first-order valence-electron chi connectivity index (χ1n) is 16.9. The first-order valence-corrected chi connectivity index (χ1v) is 16.9. The van der Waals surface area contributed by atoms with Gasteiger partial charge in [0.05, 0.1) is 5.41 Å². The standard InChI is InChI=1S/2C18H14O.C12H20.Ti/c2*19-18-16(14-8-3-1-4-9-14)12-7-13-17(18)15-10-5-2-6-11-15;1-10(12(5,6)7)8-9-11(2,3)4;/h2*1-13,19H;1,8H,2-7H3;/q;;;+2/p-2. The first kappa shape index (κ1) is 40.5. The summed E-state index contributed by atoms with van der Waals surface area (Å²) in [6, 6.07) is 50.5. The largest absolute Gasteiger partial charge is 2.00 e. The van der Waals surface area contributed by atoms with Crippen molar-refractivity contribution in [3.05, 3.63) is 182 Å². The molecule has 6 aromatic rings. The van der Waals surface area contributed by atoms with E-state index in [1.807, 2.05) is 164 Å². The number of allylic oxidation sites excluding steroid dienone is 3. The van der Waals surface area contributed by atoms with Gasteiger partial charge in [-0.1, -0.05) is 175 Å². The summed E-state index contributed by atoms with van der Waals surface area (Å²) in [6.45, 7) is 18.5. The maximum absolute atomic E-state index is 12.6. The molecule has 0 spiro atoms. The van der Waals surface area contributed by atoms with Gasteiger partial charge in [-0.05, 0) is 92.1 Å². The first-order chi connectivity index (χ1) is 23.8. The molecule has 254 valence electrons. The maximum Gasteiger partial charge on any atom is 2.00 e. The van der Waals surface area contributed by atoms with Crippen LogP contribution in [0.4, 0.5) is 0 Å². The van der Waals surface area contributed by atoms with Gasteiger partial charge in [-0.3, -0.25) is 0 Å². The predicted octanol–water partition coefficient (Wildman–Crippen LogP) is 12.0. The third-order valence-electron chi connectivity index (χ3n) is 7.90. The summed E-state index contributed by atoms with van der Waals surface area (Å²) < 4.78 is 0. The van der Waals surface area contributed by atoms with E-state index in [4.69, 9.17) is 6.58 Å². The zero-order chi connectivity index (χ0) is 36.1. The molecule has 0 N–H and O–H groups in total. The van der Waals surface area contributed by atoms with Crippen molar-refractivity contribution in [2.75, 3.05) is 0 Å². The molecule has 0 unspecified atom stereocenters. The number of rotatable bonds is 5. The van der Waals surface area contributed by atoms with Gasteiger partial charge in [0.15, 0.2) is 0 Å². The Hall–Kier alpha value is -4.98. The number of benzene rings is 6. The van der Waals surface area contributed by atoms with Gasteiger partial charge in [-0.25, -0.2) is 0 Å². The van der Waals surface area contributed by atoms with Crippen molar-refractivity contribution in [1.29, 1.82) is 0 Å². The van der Waals surface area contributed by atoms with Gasteiger partial charge in [0.1, 0.15) is 0 Å². The second-order valence-electron chi connectivity index (χ2n) is 14.1. The molecule has 0 atom stereocenters. The zero-order valence-corrected chi connectivity index (χ0v) is 32.0. The summed E-state index contributed by atoms with van der Waals surface area (Å²) in [5.74, 6) is 0.166. The topological polar surface area (TPSA) is 46.1 Å². The molecule has 3 heteroatoms. The molecule has 0 bridgehead atoms. The average molecular weight is 703 g/mol. The van der Waals surface area contributed by atoms with Crippen LogP contribution in [0.2, 0.25) is 0 Å². The molecule has 2 nitrogen and oxygen atoms in total. The average Bonchev–Trinajstić information content (AvgIpc) is 3.12. The molecule has 0 aliphatic heterocycles. The van der Waals surface area contributed by atoms with Gasteiger partial charge in [-0.15, -0.1) is 0 Å². The molecule has 0 aromatic heterocycles. The minimum Gasteiger partial charge on any atom is -0.872 e. The maximum atomic E-state index is 12.6. The van der Waals surface area contributed by atoms with Gasteiger partial charge >= 0.3 is 21.7 Å². The fourth-order valence-corrected chi connectivity index (χ4v) is 4.96. The minimum atomic E-state index is 0. The summed E-state index contributed by atoms with van der Waals surface area (Å²) in [5.41, 5.74) is 7.89. The zero-order valence-electron chi connectivity index (χ0n) is 30.5. The summed E-state index contributed by atoms with van der Waals surface area (Å²) in [7, 11) is 0. The summed E-state index contributed by atoms with van der Waals surface area (Å²) in [6.07, 6.45) is 5.14. The summed E-state index contributed by atoms with van der Waals surface area (Å²) in [4.78, 5) is 0. The van der Waals surface area contributed by atoms with E-state index in [0.29, 0.717) is 0 Å². The molecule has 6 aromatic carbocycles. The molecule has 6 rings (SSSR count). The SMILES string of the molecule is [CH-]=C(C=[C+]C(C)(C)C)C(C)(C)C.[O-]c1c(-c2ccccc2)cccc1-c1ccccc1.[O-]c1c(-c2ccccc2)cccc1-c1ccccc1.[Ti+2]. The van der Waals surface area contributed by atoms with Crippen molar-refractivity contribution in [2.45, 2.75) is 41.5 Å². The van der Waals surface area contributed by atoms with Crippen LogP contribution in [0.15, 0.2) is 169 Å². The third-order valence-corrected chi connectivity index (χ3v) is 7.90. The van der Waals surface area contributed by atoms with E-state index in [-0.39, 0.29) is 44.0 Å². The van der Waals surface area contributed by atoms with E-state index < -0.39 is 0 Å². The Morgan fingerprint density at radius 2 is 0.706 bits per heavy atom. The van der Waals surface area contributed by atoms with Crippen LogP contribution in [0.25, 0.3) is 44.5 Å². The molecular formula is C48H46O2Ti. The molecule has 0 radical (unpaired) electrons. The van der Waals surface area contributed by atoms with Gasteiger partial charge in [0.25, 0.3) is 0 Å². The molecule has 0 saturated carbocycles. The molecule has 0 aliphatic carbocycles. The number of para-hydroxylation sites is 2. The second kappa shape index (κ2) is 18.9. The second-order valence-corrected chi connectivity index (χ2v) is 14.1. The van der Waals surface area contributed by atoms with Crippen LogP contribution >= 0.6 is 0 Å². The Balaban J connectivity index is 0.000000211. The fourth-order valence-electron chi connectivity index (χ4n) is 4.96. The number of hydrogen-bond acceptors (Lipinski definition) is 2. The van der Waals surface area contributed by atoms with E-state index in [0.717, 1.165) is 50.1 Å². The van der Waals surface area contributed by atoms with E-state index >= 15 is 0 Å². The fraction of sp³-hybridized carbons (Fsp3) is 0.167. The quantitative estimate of drug-likeness (QED) is 0.102. The molecule has 0 amide bonds. The molecule has 0 aliphatic rings. The molecule has 0 fully saturated rings. The van der Waals surface area contributed by atoms with Crippen LogP contribution in [0, 0.1) is 23.5 Å². The van der Waals surface area contributed by atoms with Crippen molar-refractivity contribution in [3.63, 3.8) is 0 Å². The summed E-state index contributed by atoms with van der Waals surface area (Å²) >= 11 is 0. The van der Waals surface area contributed by atoms with Crippen LogP contribution < -0.4 is 10.2 Å². The minimum absolute atomic E-state index is 0. The Kier molecular flexibility index (Phi) is 15.0. The molecule has 0 heterocycles. The molecule has 51 heavy (non-hydrogen) atoms. The van der Waals surface area contributed by atoms with Crippen molar-refractivity contribution < 1.29 is 31.9 Å². The molecular weight excluding hydrogens is 656 g/mol. The number of hydrogen-bond donors (Lipinski definition) is 0. The Bertz CT molecular complexity index is 1730. The van der Waals surface area contributed by atoms with Crippen LogP contribution in [0.3, 0.4) is 0 Å². The Morgan fingerprint density at radius 3 is 0.922 bits per heavy atom. The van der Waals surface area contributed by atoms with Crippen molar-refractivity contribution in [3.8, 4) is 56.0 Å². The van der Waals surface area contributed by atoms with E-state index in [9.17, 15) is 10.2 Å². The van der Waals surface area contributed by atoms with Gasteiger partial charge in [-0.2, -0.15) is 6.58 Å². The van der Waals surface area contributed by atoms with Crippen LogP contribution in [-0.4, -0.2) is 0 Å². The van der Waals surface area contributed by atoms with E-state index in [1.165, 1.54) is 0 Å². The van der Waals surface area contributed by atoms with E-state index in [1.54, 1.807) is 0 Å². The normalized spacial score (nSPS) is 10.8. The van der Waals surface area contributed by atoms with Crippen LogP contribution in [0.1, 0.15) is 41.5 Å². The van der Waals surface area contributed by atoms with Gasteiger partial charge < -0.3 is 10.2 Å². The van der Waals surface area contributed by atoms with Crippen molar-refractivity contribution >= 4 is 0 Å². The molecule has 0 saturated heterocycles. The van der Waals surface area contributed by atoms with Crippen LogP contribution in [-0.2, 0) is 21.7 Å². The van der Waals surface area contributed by atoms with Gasteiger partial charge in [0, 0.05) is 11.5 Å². The van der Waals surface area contributed by atoms with Crippen molar-refractivity contribution in [2.24, 2.45) is 10.8 Å².